The number of pyridine rings is 2. The number of nitrogens with zero attached hydrogens (tertiary/aromatic N) is 3. The fourth-order valence-electron chi connectivity index (χ4n) is 2.41. The third kappa shape index (κ3) is 1.99. The number of nitrogens with two attached hydrogens (primary N) is 1. The first-order valence-corrected chi connectivity index (χ1v) is 6.51. The second-order valence-electron chi connectivity index (χ2n) is 4.87. The smallest absolute Gasteiger partial charge is 0.357 e. The highest BCUT2D eigenvalue weighted by molar-refractivity contribution is 5.93. The first-order chi connectivity index (χ1) is 10.5. The van der Waals surface area contributed by atoms with Crippen LogP contribution in [-0.2, 0) is 0 Å². The van der Waals surface area contributed by atoms with E-state index in [-0.39, 0.29) is 5.69 Å². The molecule has 2 aromatic heterocycles. The number of hydrogen-bond donors (Lipinski definition) is 1. The molecule has 22 heavy (non-hydrogen) atoms. The standard InChI is InChI=1S/C15H12N4O3/c1-9-4-2-5-10(8-9)18-14-11(6-3-7-17-14)12(16)13(15(18)20)19(21)22/h2-8H,16H2,1H3. The molecular formula is C15H12N4O3. The minimum Gasteiger partial charge on any atom is -0.392 e. The van der Waals surface area contributed by atoms with Gasteiger partial charge < -0.3 is 5.73 Å². The molecule has 3 rings (SSSR count). The van der Waals surface area contributed by atoms with Crippen molar-refractivity contribution in [2.24, 2.45) is 0 Å². The molecule has 0 fully saturated rings. The lowest BCUT2D eigenvalue weighted by atomic mass is 10.2. The molecule has 0 aliphatic heterocycles. The summed E-state index contributed by atoms with van der Waals surface area (Å²) in [6.45, 7) is 1.87. The minimum atomic E-state index is -0.792. The Labute approximate surface area is 124 Å². The number of fused-ring (bicyclic) bond motifs is 1. The van der Waals surface area contributed by atoms with Crippen LogP contribution in [0.15, 0.2) is 47.4 Å². The van der Waals surface area contributed by atoms with Crippen LogP contribution >= 0.6 is 0 Å². The van der Waals surface area contributed by atoms with Crippen molar-refractivity contribution < 1.29 is 4.92 Å². The number of aromatic nitrogens is 2. The van der Waals surface area contributed by atoms with Gasteiger partial charge in [-0.25, -0.2) is 4.98 Å². The van der Waals surface area contributed by atoms with Crippen LogP contribution in [0.3, 0.4) is 0 Å². The summed E-state index contributed by atoms with van der Waals surface area (Å²) in [5.41, 5.74) is 5.94. The molecule has 2 N–H and O–H groups in total. The topological polar surface area (TPSA) is 104 Å². The van der Waals surface area contributed by atoms with Crippen LogP contribution in [0.4, 0.5) is 11.4 Å². The van der Waals surface area contributed by atoms with Gasteiger partial charge in [0.25, 0.3) is 0 Å². The van der Waals surface area contributed by atoms with Crippen LogP contribution in [0.1, 0.15) is 5.56 Å². The lowest BCUT2D eigenvalue weighted by Gasteiger charge is -2.11. The van der Waals surface area contributed by atoms with Crippen molar-refractivity contribution in [3.63, 3.8) is 0 Å². The molecule has 2 heterocycles. The predicted octanol–water partition coefficient (Wildman–Crippen LogP) is 2.18. The summed E-state index contributed by atoms with van der Waals surface area (Å²) in [4.78, 5) is 27.2. The van der Waals surface area contributed by atoms with Crippen molar-refractivity contribution in [3.05, 3.63) is 68.6 Å². The molecule has 0 unspecified atom stereocenters. The molecule has 0 saturated heterocycles. The highest BCUT2D eigenvalue weighted by Crippen LogP contribution is 2.27. The monoisotopic (exact) mass is 296 g/mol. The van der Waals surface area contributed by atoms with Crippen LogP contribution in [0.5, 0.6) is 0 Å². The number of hydrogen-bond acceptors (Lipinski definition) is 5. The fourth-order valence-corrected chi connectivity index (χ4v) is 2.41. The van der Waals surface area contributed by atoms with E-state index >= 15 is 0 Å². The van der Waals surface area contributed by atoms with E-state index in [0.29, 0.717) is 16.7 Å². The van der Waals surface area contributed by atoms with Gasteiger partial charge in [0.2, 0.25) is 0 Å². The maximum atomic E-state index is 12.6. The molecule has 110 valence electrons. The van der Waals surface area contributed by atoms with Crippen LogP contribution in [0.2, 0.25) is 0 Å². The summed E-state index contributed by atoms with van der Waals surface area (Å²) in [6, 6.07) is 10.3. The van der Waals surface area contributed by atoms with E-state index in [9.17, 15) is 14.9 Å². The zero-order valence-corrected chi connectivity index (χ0v) is 11.7. The van der Waals surface area contributed by atoms with Gasteiger partial charge in [-0.15, -0.1) is 0 Å². The van der Waals surface area contributed by atoms with E-state index in [1.165, 1.54) is 10.8 Å². The van der Waals surface area contributed by atoms with Gasteiger partial charge in [-0.1, -0.05) is 12.1 Å². The SMILES string of the molecule is Cc1cccc(-n2c(=O)c([N+](=O)[O-])c(N)c3cccnc32)c1. The Morgan fingerprint density at radius 1 is 1.27 bits per heavy atom. The highest BCUT2D eigenvalue weighted by atomic mass is 16.6. The quantitative estimate of drug-likeness (QED) is 0.576. The molecule has 7 nitrogen and oxygen atoms in total. The van der Waals surface area contributed by atoms with Crippen molar-refractivity contribution in [1.29, 1.82) is 0 Å². The van der Waals surface area contributed by atoms with Crippen molar-refractivity contribution in [3.8, 4) is 5.69 Å². The van der Waals surface area contributed by atoms with E-state index in [4.69, 9.17) is 5.73 Å². The first kappa shape index (κ1) is 13.7. The van der Waals surface area contributed by atoms with Gasteiger partial charge in [-0.2, -0.15) is 0 Å². The van der Waals surface area contributed by atoms with Gasteiger partial charge in [0, 0.05) is 11.6 Å². The Kier molecular flexibility index (Phi) is 3.10. The molecule has 0 aliphatic carbocycles. The second kappa shape index (κ2) is 4.96. The van der Waals surface area contributed by atoms with E-state index < -0.39 is 16.2 Å². The first-order valence-electron chi connectivity index (χ1n) is 6.51. The van der Waals surface area contributed by atoms with E-state index in [0.717, 1.165) is 5.56 Å². The fraction of sp³-hybridized carbons (Fsp3) is 0.0667. The van der Waals surface area contributed by atoms with Gasteiger partial charge in [-0.3, -0.25) is 19.5 Å². The molecular weight excluding hydrogens is 284 g/mol. The van der Waals surface area contributed by atoms with Crippen LogP contribution < -0.4 is 11.3 Å². The summed E-state index contributed by atoms with van der Waals surface area (Å²) in [6.07, 6.45) is 1.51. The average molecular weight is 296 g/mol. The molecule has 0 bridgehead atoms. The summed E-state index contributed by atoms with van der Waals surface area (Å²) >= 11 is 0. The van der Waals surface area contributed by atoms with E-state index in [2.05, 4.69) is 4.98 Å². The molecule has 3 aromatic rings. The van der Waals surface area contributed by atoms with Crippen LogP contribution in [0.25, 0.3) is 16.7 Å². The van der Waals surface area contributed by atoms with Crippen LogP contribution in [0, 0.1) is 17.0 Å². The summed E-state index contributed by atoms with van der Waals surface area (Å²) in [5.74, 6) is 0. The van der Waals surface area contributed by atoms with Gasteiger partial charge in [-0.05, 0) is 36.8 Å². The summed E-state index contributed by atoms with van der Waals surface area (Å²) in [5, 5.41) is 11.6. The Bertz CT molecular complexity index is 963. The van der Waals surface area contributed by atoms with Crippen molar-refractivity contribution in [1.82, 2.24) is 9.55 Å². The molecule has 0 radical (unpaired) electrons. The maximum absolute atomic E-state index is 12.6. The highest BCUT2D eigenvalue weighted by Gasteiger charge is 2.25. The second-order valence-corrected chi connectivity index (χ2v) is 4.87. The number of rotatable bonds is 2. The van der Waals surface area contributed by atoms with Crippen molar-refractivity contribution in [2.75, 3.05) is 5.73 Å². The lowest BCUT2D eigenvalue weighted by Crippen LogP contribution is -2.24. The Balaban J connectivity index is 2.53. The zero-order chi connectivity index (χ0) is 15.9. The normalized spacial score (nSPS) is 10.8. The summed E-state index contributed by atoms with van der Waals surface area (Å²) < 4.78 is 1.22. The van der Waals surface area contributed by atoms with Gasteiger partial charge in [0.15, 0.2) is 0 Å². The average Bonchev–Trinajstić information content (AvgIpc) is 2.47. The Morgan fingerprint density at radius 3 is 2.73 bits per heavy atom. The van der Waals surface area contributed by atoms with E-state index in [1.807, 2.05) is 13.0 Å². The molecule has 0 aliphatic rings. The maximum Gasteiger partial charge on any atom is 0.357 e. The number of aryl methyl sites for hydroxylation is 1. The third-order valence-electron chi connectivity index (χ3n) is 3.39. The number of nitro groups is 1. The molecule has 7 heteroatoms. The van der Waals surface area contributed by atoms with Gasteiger partial charge >= 0.3 is 11.2 Å². The largest absolute Gasteiger partial charge is 0.392 e. The molecule has 0 atom stereocenters. The molecule has 1 aromatic carbocycles. The van der Waals surface area contributed by atoms with E-state index in [1.54, 1.807) is 30.3 Å². The number of nitrogen functional groups attached to an aromatic ring is 1. The third-order valence-corrected chi connectivity index (χ3v) is 3.39. The number of anilines is 1. The minimum absolute atomic E-state index is 0.165. The summed E-state index contributed by atoms with van der Waals surface area (Å²) in [7, 11) is 0. The molecule has 0 amide bonds. The van der Waals surface area contributed by atoms with Crippen molar-refractivity contribution >= 4 is 22.4 Å². The Hall–Kier alpha value is -3.22. The zero-order valence-electron chi connectivity index (χ0n) is 11.7. The Morgan fingerprint density at radius 2 is 2.05 bits per heavy atom. The molecule has 0 saturated carbocycles. The van der Waals surface area contributed by atoms with Gasteiger partial charge in [0.05, 0.1) is 10.6 Å². The van der Waals surface area contributed by atoms with Gasteiger partial charge in [0.1, 0.15) is 11.3 Å². The van der Waals surface area contributed by atoms with Crippen LogP contribution in [-0.4, -0.2) is 14.5 Å². The van der Waals surface area contributed by atoms with Crippen molar-refractivity contribution in [2.45, 2.75) is 6.92 Å². The predicted molar refractivity (Wildman–Crippen MR) is 83.1 cm³/mol. The molecule has 0 spiro atoms. The number of benzene rings is 1. The lowest BCUT2D eigenvalue weighted by molar-refractivity contribution is -0.385.